The van der Waals surface area contributed by atoms with Crippen molar-refractivity contribution >= 4 is 75.4 Å². The quantitative estimate of drug-likeness (QED) is 0.0671. The molecule has 3 aliphatic rings. The number of nitrogens with one attached hydrogen (secondary N) is 7. The van der Waals surface area contributed by atoms with Gasteiger partial charge in [-0.2, -0.15) is 36.3 Å². The fraction of sp³-hybridized carbons (Fsp3) is 0.256. The largest absolute Gasteiger partial charge is 0.421 e. The Kier molecular flexibility index (Phi) is 9.93. The average molecular weight is 818 g/mol. The lowest BCUT2D eigenvalue weighted by Gasteiger charge is -2.29. The molecule has 7 N–H and O–H groups in total. The number of carbonyl (C=O) groups excluding carboxylic acids is 3. The maximum Gasteiger partial charge on any atom is 0.421 e. The molecule has 5 aromatic rings. The third-order valence-corrected chi connectivity index (χ3v) is 9.71. The molecule has 1 atom stereocenters. The highest BCUT2D eigenvalue weighted by Crippen LogP contribution is 2.44. The van der Waals surface area contributed by atoms with Crippen molar-refractivity contribution < 1.29 is 40.7 Å². The molecule has 1 unspecified atom stereocenters. The molecule has 3 amide bonds. The number of nitrogens with zero attached hydrogens (tertiary/aromatic N) is 4. The summed E-state index contributed by atoms with van der Waals surface area (Å²) in [5.74, 6) is -2.95. The van der Waals surface area contributed by atoms with E-state index in [4.69, 9.17) is 0 Å². The number of aromatic nitrogens is 4. The van der Waals surface area contributed by atoms with Crippen LogP contribution in [0.5, 0.6) is 0 Å². The number of aryl methyl sites for hydroxylation is 1. The molecule has 2 aromatic heterocycles. The molecule has 4 heterocycles. The number of halogens is 6. The van der Waals surface area contributed by atoms with Crippen LogP contribution in [0.3, 0.4) is 0 Å². The van der Waals surface area contributed by atoms with Crippen LogP contribution < -0.4 is 37.2 Å². The Morgan fingerprint density at radius 3 is 1.93 bits per heavy atom. The topological polar surface area (TPSA) is 187 Å². The number of alkyl halides is 6. The summed E-state index contributed by atoms with van der Waals surface area (Å²) in [5, 5.41) is 19.7. The Balaban J connectivity index is 1.12. The number of anilines is 10. The van der Waals surface area contributed by atoms with Gasteiger partial charge in [-0.15, -0.1) is 0 Å². The highest BCUT2D eigenvalue weighted by Gasteiger charge is 2.38. The molecule has 0 bridgehead atoms. The molecule has 20 heteroatoms. The van der Waals surface area contributed by atoms with Gasteiger partial charge in [0.2, 0.25) is 29.6 Å². The van der Waals surface area contributed by atoms with Crippen molar-refractivity contribution in [3.8, 4) is 0 Å². The highest BCUT2D eigenvalue weighted by molar-refractivity contribution is 5.97. The van der Waals surface area contributed by atoms with Crippen molar-refractivity contribution in [1.82, 2.24) is 19.9 Å². The average Bonchev–Trinajstić information content (AvgIpc) is 3.98. The van der Waals surface area contributed by atoms with Gasteiger partial charge in [-0.3, -0.25) is 14.4 Å². The second-order valence-electron chi connectivity index (χ2n) is 14.2. The number of hydrogen-bond acceptors (Lipinski definition) is 11. The van der Waals surface area contributed by atoms with Gasteiger partial charge in [0.25, 0.3) is 0 Å². The van der Waals surface area contributed by atoms with Crippen LogP contribution in [0.15, 0.2) is 67.0 Å². The van der Waals surface area contributed by atoms with E-state index in [1.54, 1.807) is 36.4 Å². The van der Waals surface area contributed by atoms with Gasteiger partial charge in [0, 0.05) is 78.2 Å². The first-order valence-electron chi connectivity index (χ1n) is 18.3. The molecule has 2 aliphatic heterocycles. The molecule has 0 spiro atoms. The summed E-state index contributed by atoms with van der Waals surface area (Å²) < 4.78 is 84.1. The van der Waals surface area contributed by atoms with E-state index in [1.165, 1.54) is 25.1 Å². The molecular weight excluding hydrogens is 784 g/mol. The molecule has 8 rings (SSSR count). The maximum atomic E-state index is 14.3. The van der Waals surface area contributed by atoms with Crippen molar-refractivity contribution in [3.63, 3.8) is 0 Å². The molecule has 0 radical (unpaired) electrons. The van der Waals surface area contributed by atoms with Crippen molar-refractivity contribution in [3.05, 3.63) is 94.8 Å². The molecule has 3 aromatic carbocycles. The Morgan fingerprint density at radius 1 is 0.695 bits per heavy atom. The Labute approximate surface area is 331 Å². The Morgan fingerprint density at radius 2 is 1.27 bits per heavy atom. The first kappa shape index (κ1) is 38.9. The van der Waals surface area contributed by atoms with Crippen LogP contribution in [0.4, 0.5) is 84.0 Å². The number of hydrogen-bond donors (Lipinski definition) is 7. The van der Waals surface area contributed by atoms with E-state index in [0.29, 0.717) is 65.5 Å². The van der Waals surface area contributed by atoms with Gasteiger partial charge in [-0.1, -0.05) is 0 Å². The summed E-state index contributed by atoms with van der Waals surface area (Å²) in [6.07, 6.45) is -6.17. The zero-order valence-corrected chi connectivity index (χ0v) is 30.8. The normalized spacial score (nSPS) is 16.2. The second kappa shape index (κ2) is 15.1. The standard InChI is InChI=1S/C39H33F6N11O3/c1-18(57)48-30-9-6-22(50-35-28(39(43,44)45)17-46-36(56-35)51-21-5-8-29-19(12-21)2-11-32(58)53-29)13-25(30)24-15-33(59)54-31-10-7-23(14-26(24)31)52-37-47-16-27(38(40,41)42)34(55-37)49-20-3-4-20/h5-10,12-14,16-17,20,24H,2-4,11,15H2,1H3,(H,48,57)(H,53,58)(H,54,59)(H2,46,50,51,56)(H2,47,49,52,55). The zero-order valence-electron chi connectivity index (χ0n) is 30.8. The summed E-state index contributed by atoms with van der Waals surface area (Å²) in [4.78, 5) is 53.2. The van der Waals surface area contributed by atoms with Crippen LogP contribution in [0.25, 0.3) is 0 Å². The predicted molar refractivity (Wildman–Crippen MR) is 206 cm³/mol. The fourth-order valence-electron chi connectivity index (χ4n) is 6.83. The summed E-state index contributed by atoms with van der Waals surface area (Å²) in [5.41, 5.74) is 1.82. The molecule has 1 saturated carbocycles. The minimum atomic E-state index is -4.86. The number of benzene rings is 3. The lowest BCUT2D eigenvalue weighted by atomic mass is 9.83. The van der Waals surface area contributed by atoms with E-state index in [1.807, 2.05) is 0 Å². The predicted octanol–water partition coefficient (Wildman–Crippen LogP) is 8.43. The van der Waals surface area contributed by atoms with Gasteiger partial charge in [0.05, 0.1) is 0 Å². The minimum Gasteiger partial charge on any atom is -0.367 e. The Bertz CT molecular complexity index is 2510. The number of carbonyl (C=O) groups is 3. The van der Waals surface area contributed by atoms with E-state index in [2.05, 4.69) is 57.2 Å². The molecule has 1 aliphatic carbocycles. The third-order valence-electron chi connectivity index (χ3n) is 9.71. The summed E-state index contributed by atoms with van der Waals surface area (Å²) >= 11 is 0. The third kappa shape index (κ3) is 8.80. The van der Waals surface area contributed by atoms with Gasteiger partial charge in [-0.05, 0) is 90.6 Å². The van der Waals surface area contributed by atoms with Crippen molar-refractivity contribution in [2.45, 2.75) is 63.3 Å². The van der Waals surface area contributed by atoms with Crippen LogP contribution in [0.2, 0.25) is 0 Å². The number of fused-ring (bicyclic) bond motifs is 2. The molecule has 59 heavy (non-hydrogen) atoms. The first-order valence-corrected chi connectivity index (χ1v) is 18.3. The van der Waals surface area contributed by atoms with Crippen LogP contribution in [0.1, 0.15) is 66.3 Å². The monoisotopic (exact) mass is 817 g/mol. The smallest absolute Gasteiger partial charge is 0.367 e. The second-order valence-corrected chi connectivity index (χ2v) is 14.2. The highest BCUT2D eigenvalue weighted by atomic mass is 19.4. The van der Waals surface area contributed by atoms with Gasteiger partial charge < -0.3 is 37.2 Å². The maximum absolute atomic E-state index is 14.3. The van der Waals surface area contributed by atoms with Crippen LogP contribution in [-0.4, -0.2) is 43.7 Å². The lowest BCUT2D eigenvalue weighted by molar-refractivity contribution is -0.138. The van der Waals surface area contributed by atoms with Crippen LogP contribution in [-0.2, 0) is 33.2 Å². The first-order chi connectivity index (χ1) is 28.1. The zero-order chi connectivity index (χ0) is 41.6. The van der Waals surface area contributed by atoms with Gasteiger partial charge in [-0.25, -0.2) is 9.97 Å². The molecule has 304 valence electrons. The van der Waals surface area contributed by atoms with Gasteiger partial charge >= 0.3 is 12.4 Å². The lowest BCUT2D eigenvalue weighted by Crippen LogP contribution is -2.24. The molecule has 14 nitrogen and oxygen atoms in total. The van der Waals surface area contributed by atoms with E-state index in [-0.39, 0.29) is 59.8 Å². The van der Waals surface area contributed by atoms with Gasteiger partial charge in [0.1, 0.15) is 22.8 Å². The van der Waals surface area contributed by atoms with Gasteiger partial charge in [0.15, 0.2) is 0 Å². The van der Waals surface area contributed by atoms with Crippen molar-refractivity contribution in [1.29, 1.82) is 0 Å². The summed E-state index contributed by atoms with van der Waals surface area (Å²) in [6.45, 7) is 1.28. The van der Waals surface area contributed by atoms with Crippen molar-refractivity contribution in [2.75, 3.05) is 37.2 Å². The van der Waals surface area contributed by atoms with E-state index in [0.717, 1.165) is 5.56 Å². The van der Waals surface area contributed by atoms with Crippen molar-refractivity contribution in [2.24, 2.45) is 0 Å². The summed E-state index contributed by atoms with van der Waals surface area (Å²) in [6, 6.07) is 14.1. The molecular formula is C39H33F6N11O3. The Hall–Kier alpha value is -6.99. The number of amides is 3. The van der Waals surface area contributed by atoms with Crippen LogP contribution in [0, 0.1) is 0 Å². The number of rotatable bonds is 10. The summed E-state index contributed by atoms with van der Waals surface area (Å²) in [7, 11) is 0. The van der Waals surface area contributed by atoms with Crippen LogP contribution >= 0.6 is 0 Å². The van der Waals surface area contributed by atoms with E-state index >= 15 is 0 Å². The fourth-order valence-corrected chi connectivity index (χ4v) is 6.83. The molecule has 1 fully saturated rings. The molecule has 0 saturated heterocycles. The SMILES string of the molecule is CC(=O)Nc1ccc(Nc2nc(Nc3ccc4c(c3)CCC(=O)N4)ncc2C(F)(F)F)cc1C1CC(=O)Nc2ccc(Nc3ncc(C(F)(F)F)c(NC4CC4)n3)cc21. The van der Waals surface area contributed by atoms with E-state index < -0.39 is 41.1 Å². The van der Waals surface area contributed by atoms with E-state index in [9.17, 15) is 40.7 Å². The minimum absolute atomic E-state index is 0.118.